The number of nitrogens with one attached hydrogen (secondary N) is 5. The molecule has 0 bridgehead atoms. The smallest absolute Gasteiger partial charge is 0.224 e. The van der Waals surface area contributed by atoms with Gasteiger partial charge in [-0.1, -0.05) is 60.1 Å². The highest BCUT2D eigenvalue weighted by Crippen LogP contribution is 2.23. The quantitative estimate of drug-likeness (QED) is 0.0235. The molecule has 468 valence electrons. The fraction of sp³-hybridized carbons (Fsp3) is 0.632. The fourth-order valence-corrected chi connectivity index (χ4v) is 9.45. The molecule has 0 saturated heterocycles. The summed E-state index contributed by atoms with van der Waals surface area (Å²) in [6.07, 6.45) is 3.52. The number of nitrogens with two attached hydrogens (primary N) is 7. The Bertz CT molecular complexity index is 2530. The lowest BCUT2D eigenvalue weighted by molar-refractivity contribution is -0.136. The van der Waals surface area contributed by atoms with Crippen molar-refractivity contribution in [3.8, 4) is 5.75 Å². The second-order valence-electron chi connectivity index (χ2n) is 22.0. The molecule has 0 aliphatic heterocycles. The van der Waals surface area contributed by atoms with E-state index in [1.807, 2.05) is 27.7 Å². The Labute approximate surface area is 492 Å². The summed E-state index contributed by atoms with van der Waals surface area (Å²) in [5.41, 5.74) is 40.3. The molecule has 1 heterocycles. The average Bonchev–Trinajstić information content (AvgIpc) is 4.10. The summed E-state index contributed by atoms with van der Waals surface area (Å²) >= 11 is 0. The number of aliphatic hydroxyl groups excluding tert-OH is 1. The maximum absolute atomic E-state index is 14.7. The summed E-state index contributed by atoms with van der Waals surface area (Å²) in [6, 6.07) is 1.57. The van der Waals surface area contributed by atoms with Crippen LogP contribution in [0.4, 0.5) is 0 Å². The number of carbonyl (C=O) groups excluding carboxylic acids is 9. The lowest BCUT2D eigenvalue weighted by atomic mass is 9.85. The van der Waals surface area contributed by atoms with Crippen LogP contribution in [0.1, 0.15) is 136 Å². The van der Waals surface area contributed by atoms with Crippen LogP contribution in [0.5, 0.6) is 5.75 Å². The number of aromatic nitrogens is 2. The number of phenols is 1. The Hall–Kier alpha value is -7.97. The Kier molecular flexibility index (Phi) is 32.6. The van der Waals surface area contributed by atoms with E-state index in [4.69, 9.17) is 40.1 Å². The number of aromatic hydroxyl groups is 1. The second kappa shape index (κ2) is 38.0. The summed E-state index contributed by atoms with van der Waals surface area (Å²) in [6.45, 7) is 10.1. The fourth-order valence-electron chi connectivity index (χ4n) is 9.45. The third kappa shape index (κ3) is 27.4. The first kappa shape index (κ1) is 72.1. The molecule has 0 fully saturated rings. The van der Waals surface area contributed by atoms with Gasteiger partial charge in [-0.25, -0.2) is 4.98 Å². The van der Waals surface area contributed by atoms with Crippen molar-refractivity contribution in [2.45, 2.75) is 162 Å². The second-order valence-corrected chi connectivity index (χ2v) is 22.0. The molecule has 0 spiro atoms. The zero-order chi connectivity index (χ0) is 63.1. The third-order valence-corrected chi connectivity index (χ3v) is 14.6. The van der Waals surface area contributed by atoms with E-state index in [2.05, 4.69) is 46.2 Å². The van der Waals surface area contributed by atoms with Gasteiger partial charge in [-0.05, 0) is 87.3 Å². The number of hydrogen-bond acceptors (Lipinski definition) is 15. The zero-order valence-corrected chi connectivity index (χ0v) is 49.6. The number of aliphatic imine (C=N–C) groups is 3. The number of carbonyl (C=O) groups is 9. The van der Waals surface area contributed by atoms with E-state index in [9.17, 15) is 53.4 Å². The minimum absolute atomic E-state index is 0.0158. The number of ketones is 4. The first-order valence-electron chi connectivity index (χ1n) is 28.8. The number of rotatable bonds is 43. The molecule has 2 aromatic rings. The Morgan fingerprint density at radius 3 is 1.49 bits per heavy atom. The number of imidazole rings is 1. The summed E-state index contributed by atoms with van der Waals surface area (Å²) in [5, 5.41) is 30.9. The molecule has 27 heteroatoms. The molecular formula is C57H94N16O11. The number of aromatic amines is 1. The van der Waals surface area contributed by atoms with Crippen molar-refractivity contribution in [2.75, 3.05) is 26.2 Å². The first-order chi connectivity index (χ1) is 39.7. The Balaban J connectivity index is 2.51. The predicted molar refractivity (Wildman–Crippen MR) is 319 cm³/mol. The molecule has 84 heavy (non-hydrogen) atoms. The molecule has 1 aromatic heterocycles. The number of benzene rings is 1. The predicted octanol–water partition coefficient (Wildman–Crippen LogP) is -0.0820. The van der Waals surface area contributed by atoms with Crippen molar-refractivity contribution in [1.29, 1.82) is 0 Å². The van der Waals surface area contributed by atoms with Crippen molar-refractivity contribution >= 4 is 70.5 Å². The van der Waals surface area contributed by atoms with Crippen LogP contribution in [-0.2, 0) is 56.0 Å². The van der Waals surface area contributed by atoms with E-state index < -0.39 is 132 Å². The number of phenolic OH excluding ortho intramolecular Hbond substituents is 1. The lowest BCUT2D eigenvalue weighted by Crippen LogP contribution is -2.49. The van der Waals surface area contributed by atoms with Crippen LogP contribution in [0, 0.1) is 41.4 Å². The van der Waals surface area contributed by atoms with Crippen LogP contribution in [0.3, 0.4) is 0 Å². The molecule has 0 unspecified atom stereocenters. The molecule has 0 saturated carbocycles. The van der Waals surface area contributed by atoms with Gasteiger partial charge in [-0.3, -0.25) is 58.1 Å². The van der Waals surface area contributed by atoms with Gasteiger partial charge in [0.1, 0.15) is 11.8 Å². The van der Waals surface area contributed by atoms with Crippen LogP contribution in [-0.4, -0.2) is 141 Å². The number of amides is 5. The van der Waals surface area contributed by atoms with Crippen molar-refractivity contribution < 1.29 is 53.4 Å². The number of guanidine groups is 3. The molecule has 27 nitrogen and oxygen atoms in total. The van der Waals surface area contributed by atoms with E-state index >= 15 is 0 Å². The molecule has 1 aromatic carbocycles. The van der Waals surface area contributed by atoms with Gasteiger partial charge in [-0.2, -0.15) is 0 Å². The molecule has 5 amide bonds. The highest BCUT2D eigenvalue weighted by Gasteiger charge is 2.36. The molecule has 0 aliphatic carbocycles. The number of H-pyrrole nitrogens is 1. The van der Waals surface area contributed by atoms with Crippen molar-refractivity contribution in [3.63, 3.8) is 0 Å². The Morgan fingerprint density at radius 1 is 0.560 bits per heavy atom. The highest BCUT2D eigenvalue weighted by atomic mass is 16.3. The van der Waals surface area contributed by atoms with Gasteiger partial charge in [0.05, 0.1) is 37.0 Å². The monoisotopic (exact) mass is 1180 g/mol. The van der Waals surface area contributed by atoms with Crippen LogP contribution in [0.15, 0.2) is 51.8 Å². The van der Waals surface area contributed by atoms with E-state index in [1.54, 1.807) is 19.1 Å². The van der Waals surface area contributed by atoms with Gasteiger partial charge in [0.25, 0.3) is 0 Å². The number of nitrogens with zero attached hydrogens (tertiary/aromatic N) is 4. The Morgan fingerprint density at radius 2 is 1.02 bits per heavy atom. The van der Waals surface area contributed by atoms with Crippen molar-refractivity contribution in [3.05, 3.63) is 48.0 Å². The summed E-state index contributed by atoms with van der Waals surface area (Å²) in [5.74, 6) is -11.0. The molecule has 21 N–H and O–H groups in total. The highest BCUT2D eigenvalue weighted by molar-refractivity contribution is 5.98. The maximum Gasteiger partial charge on any atom is 0.224 e. The topological polar surface area (TPSA) is 490 Å². The van der Waals surface area contributed by atoms with E-state index in [1.165, 1.54) is 31.6 Å². The van der Waals surface area contributed by atoms with Crippen molar-refractivity contribution in [1.82, 2.24) is 31.2 Å². The van der Waals surface area contributed by atoms with Gasteiger partial charge in [-0.15, -0.1) is 0 Å². The van der Waals surface area contributed by atoms with Crippen LogP contribution >= 0.6 is 0 Å². The summed E-state index contributed by atoms with van der Waals surface area (Å²) in [7, 11) is 0. The SMILES string of the molecule is CC[C@@H](Cc1ccc(O)cc1)C(=O)N[C@@H](CCCN=C(N)N)C(=O)C[C@@H](Cc1cnc[nH]1)C(=O)N[C@@H](CCCN=C(N)N)C(=O)C[C@@H](CCCN=C(N)N)C(=O)N[C@@H](CC(C)C)C(=O)C[C@@H](C)C(=O)N[C@@H](CO)C(=O)C[C@H](C(N)=O)[C@@H](C)CC. The minimum Gasteiger partial charge on any atom is -0.508 e. The average molecular weight is 1180 g/mol. The standard InChI is InChI=1S/C57H94N16O11/c1-7-33(5)41(50(58)80)28-49(79)45(30-74)73-51(81)34(6)23-46(76)44(22-32(3)4)72-53(83)37(12-9-19-66-55(59)60)26-47(77)42(13-10-20-67-56(61)62)71-54(84)38(25-39-29-65-31-69-39)27-48(78)43(14-11-21-68-57(63)64)70-52(82)36(8-2)24-35-15-17-40(75)18-16-35/h15-18,29,31-34,36-38,41-45,74-75H,7-14,19-28,30H2,1-6H3,(H2,58,80)(H,65,69)(H,70,82)(H,71,84)(H,72,83)(H,73,81)(H4,59,60,66)(H4,61,62,67)(H4,63,64,68)/t33-,34+,36-,37+,38+,41-,42-,43-,44-,45-/m0/s1. The van der Waals surface area contributed by atoms with E-state index in [0.29, 0.717) is 25.0 Å². The van der Waals surface area contributed by atoms with Crippen LogP contribution < -0.4 is 61.4 Å². The van der Waals surface area contributed by atoms with Gasteiger partial charge in [0, 0.05) is 87.3 Å². The van der Waals surface area contributed by atoms with E-state index in [-0.39, 0.29) is 113 Å². The van der Waals surface area contributed by atoms with Gasteiger partial charge in [0.15, 0.2) is 41.0 Å². The summed E-state index contributed by atoms with van der Waals surface area (Å²) < 4.78 is 0. The lowest BCUT2D eigenvalue weighted by Gasteiger charge is -2.27. The largest absolute Gasteiger partial charge is 0.508 e. The minimum atomic E-state index is -1.37. The van der Waals surface area contributed by atoms with Gasteiger partial charge < -0.3 is 76.6 Å². The van der Waals surface area contributed by atoms with Crippen molar-refractivity contribution in [2.24, 2.45) is 96.5 Å². The molecule has 0 radical (unpaired) electrons. The number of aliphatic hydroxyl groups is 1. The summed E-state index contributed by atoms with van der Waals surface area (Å²) in [4.78, 5) is 144. The molecular weight excluding hydrogens is 1080 g/mol. The van der Waals surface area contributed by atoms with Gasteiger partial charge in [0.2, 0.25) is 29.5 Å². The van der Waals surface area contributed by atoms with Crippen LogP contribution in [0.2, 0.25) is 0 Å². The number of hydrogen-bond donors (Lipinski definition) is 14. The van der Waals surface area contributed by atoms with Crippen LogP contribution in [0.25, 0.3) is 0 Å². The normalized spacial score (nSPS) is 14.8. The number of primary amides is 1. The number of Topliss-reactive ketones (excluding diaryl/α,β-unsaturated/α-hetero) is 4. The van der Waals surface area contributed by atoms with E-state index in [0.717, 1.165) is 5.56 Å². The molecule has 2 rings (SSSR count). The zero-order valence-electron chi connectivity index (χ0n) is 49.6. The first-order valence-corrected chi connectivity index (χ1v) is 28.8. The maximum atomic E-state index is 14.7. The molecule has 10 atom stereocenters. The third-order valence-electron chi connectivity index (χ3n) is 14.6. The molecule has 0 aliphatic rings. The van der Waals surface area contributed by atoms with Gasteiger partial charge >= 0.3 is 0 Å².